The van der Waals surface area contributed by atoms with Crippen molar-refractivity contribution >= 4 is 11.8 Å². The quantitative estimate of drug-likeness (QED) is 0.880. The lowest BCUT2D eigenvalue weighted by Crippen LogP contribution is -2.38. The van der Waals surface area contributed by atoms with E-state index in [0.29, 0.717) is 12.8 Å². The lowest BCUT2D eigenvalue weighted by molar-refractivity contribution is -0.122. The summed E-state index contributed by atoms with van der Waals surface area (Å²) in [5.74, 6) is -0.424. The number of nitrogens with one attached hydrogen (secondary N) is 2. The Bertz CT molecular complexity index is 504. The first-order chi connectivity index (χ1) is 9.58. The molecule has 2 rings (SSSR count). The molecule has 0 aromatic heterocycles. The number of amides is 2. The van der Waals surface area contributed by atoms with Crippen LogP contribution in [-0.4, -0.2) is 24.5 Å². The van der Waals surface area contributed by atoms with E-state index in [1.165, 1.54) is 6.92 Å². The van der Waals surface area contributed by atoms with Crippen molar-refractivity contribution in [3.05, 3.63) is 35.4 Å². The highest BCUT2D eigenvalue weighted by Crippen LogP contribution is 2.31. The Balaban J connectivity index is 1.98. The maximum atomic E-state index is 14.1. The molecule has 1 aromatic carbocycles. The van der Waals surface area contributed by atoms with E-state index in [2.05, 4.69) is 10.6 Å². The van der Waals surface area contributed by atoms with Gasteiger partial charge in [-0.05, 0) is 24.0 Å². The Morgan fingerprint density at radius 1 is 1.35 bits per heavy atom. The molecule has 2 amide bonds. The largest absolute Gasteiger partial charge is 0.356 e. The number of benzene rings is 1. The monoisotopic (exact) mass is 278 g/mol. The summed E-state index contributed by atoms with van der Waals surface area (Å²) in [6.07, 6.45) is 0.225. The molecular formula is C15H19FN2O2. The molecule has 0 saturated heterocycles. The number of halogens is 1. The Hall–Kier alpha value is -1.91. The van der Waals surface area contributed by atoms with Crippen molar-refractivity contribution in [1.82, 2.24) is 10.6 Å². The van der Waals surface area contributed by atoms with Crippen molar-refractivity contribution < 1.29 is 14.0 Å². The van der Waals surface area contributed by atoms with Crippen LogP contribution in [0.15, 0.2) is 24.3 Å². The summed E-state index contributed by atoms with van der Waals surface area (Å²) in [7, 11) is 0. The van der Waals surface area contributed by atoms with Crippen molar-refractivity contribution in [2.24, 2.45) is 0 Å². The van der Waals surface area contributed by atoms with E-state index in [-0.39, 0.29) is 24.8 Å². The summed E-state index contributed by atoms with van der Waals surface area (Å²) in [4.78, 5) is 22.5. The predicted molar refractivity (Wildman–Crippen MR) is 73.8 cm³/mol. The van der Waals surface area contributed by atoms with Crippen LogP contribution < -0.4 is 10.6 Å². The predicted octanol–water partition coefficient (Wildman–Crippen LogP) is 1.65. The SMILES string of the molecule is CC(=O)NCCC(=O)NC1c2ccccc2CCC1F. The number of aryl methyl sites for hydroxylation is 1. The van der Waals surface area contributed by atoms with E-state index in [0.717, 1.165) is 11.1 Å². The number of rotatable bonds is 4. The number of alkyl halides is 1. The maximum absolute atomic E-state index is 14.1. The lowest BCUT2D eigenvalue weighted by Gasteiger charge is -2.29. The van der Waals surface area contributed by atoms with Crippen LogP contribution in [0.5, 0.6) is 0 Å². The van der Waals surface area contributed by atoms with Crippen LogP contribution in [0.4, 0.5) is 4.39 Å². The first-order valence-electron chi connectivity index (χ1n) is 6.83. The summed E-state index contributed by atoms with van der Waals surface area (Å²) in [6, 6.07) is 7.03. The molecule has 5 heteroatoms. The third kappa shape index (κ3) is 3.56. The molecule has 0 spiro atoms. The minimum Gasteiger partial charge on any atom is -0.356 e. The van der Waals surface area contributed by atoms with Gasteiger partial charge in [-0.15, -0.1) is 0 Å². The maximum Gasteiger partial charge on any atom is 0.222 e. The summed E-state index contributed by atoms with van der Waals surface area (Å²) in [6.45, 7) is 1.67. The zero-order chi connectivity index (χ0) is 14.5. The molecule has 108 valence electrons. The fourth-order valence-corrected chi connectivity index (χ4v) is 2.49. The van der Waals surface area contributed by atoms with Crippen LogP contribution in [0.2, 0.25) is 0 Å². The normalized spacial score (nSPS) is 20.9. The molecule has 0 fully saturated rings. The van der Waals surface area contributed by atoms with Crippen LogP contribution in [0.1, 0.15) is 36.9 Å². The summed E-state index contributed by atoms with van der Waals surface area (Å²) >= 11 is 0. The van der Waals surface area contributed by atoms with E-state index in [4.69, 9.17) is 0 Å². The van der Waals surface area contributed by atoms with E-state index in [9.17, 15) is 14.0 Å². The van der Waals surface area contributed by atoms with Gasteiger partial charge in [-0.25, -0.2) is 4.39 Å². The molecule has 0 bridgehead atoms. The molecule has 1 aliphatic rings. The lowest BCUT2D eigenvalue weighted by atomic mass is 9.86. The van der Waals surface area contributed by atoms with Gasteiger partial charge in [0.15, 0.2) is 0 Å². The Morgan fingerprint density at radius 2 is 2.10 bits per heavy atom. The van der Waals surface area contributed by atoms with E-state index < -0.39 is 12.2 Å². The van der Waals surface area contributed by atoms with Gasteiger partial charge in [0, 0.05) is 19.9 Å². The van der Waals surface area contributed by atoms with Crippen molar-refractivity contribution in [3.8, 4) is 0 Å². The average molecular weight is 278 g/mol. The molecule has 4 nitrogen and oxygen atoms in total. The van der Waals surface area contributed by atoms with Gasteiger partial charge in [0.05, 0.1) is 6.04 Å². The summed E-state index contributed by atoms with van der Waals surface area (Å²) in [5, 5.41) is 5.28. The topological polar surface area (TPSA) is 58.2 Å². The molecule has 2 atom stereocenters. The van der Waals surface area contributed by atoms with E-state index >= 15 is 0 Å². The van der Waals surface area contributed by atoms with Crippen molar-refractivity contribution in [1.29, 1.82) is 0 Å². The van der Waals surface area contributed by atoms with Crippen molar-refractivity contribution in [2.75, 3.05) is 6.54 Å². The average Bonchev–Trinajstić information content (AvgIpc) is 2.41. The number of hydrogen-bond donors (Lipinski definition) is 2. The van der Waals surface area contributed by atoms with Gasteiger partial charge >= 0.3 is 0 Å². The van der Waals surface area contributed by atoms with Crippen LogP contribution in [-0.2, 0) is 16.0 Å². The first-order valence-corrected chi connectivity index (χ1v) is 6.83. The zero-order valence-electron chi connectivity index (χ0n) is 11.5. The van der Waals surface area contributed by atoms with Crippen molar-refractivity contribution in [3.63, 3.8) is 0 Å². The number of fused-ring (bicyclic) bond motifs is 1. The fraction of sp³-hybridized carbons (Fsp3) is 0.467. The van der Waals surface area contributed by atoms with Gasteiger partial charge < -0.3 is 10.6 Å². The van der Waals surface area contributed by atoms with E-state index in [1.54, 1.807) is 0 Å². The van der Waals surface area contributed by atoms with Crippen LogP contribution in [0.3, 0.4) is 0 Å². The molecule has 1 aliphatic carbocycles. The molecular weight excluding hydrogens is 259 g/mol. The first kappa shape index (κ1) is 14.5. The van der Waals surface area contributed by atoms with Crippen molar-refractivity contribution in [2.45, 2.75) is 38.4 Å². The molecule has 0 saturated carbocycles. The fourth-order valence-electron chi connectivity index (χ4n) is 2.49. The highest BCUT2D eigenvalue weighted by atomic mass is 19.1. The minimum absolute atomic E-state index is 0.158. The molecule has 0 radical (unpaired) electrons. The van der Waals surface area contributed by atoms with Gasteiger partial charge in [-0.1, -0.05) is 24.3 Å². The van der Waals surface area contributed by atoms with Crippen LogP contribution in [0, 0.1) is 0 Å². The van der Waals surface area contributed by atoms with E-state index in [1.807, 2.05) is 24.3 Å². The van der Waals surface area contributed by atoms with Gasteiger partial charge in [0.25, 0.3) is 0 Å². The van der Waals surface area contributed by atoms with Gasteiger partial charge in [0.1, 0.15) is 6.17 Å². The molecule has 0 heterocycles. The second-order valence-corrected chi connectivity index (χ2v) is 5.03. The van der Waals surface area contributed by atoms with Gasteiger partial charge in [0.2, 0.25) is 11.8 Å². The number of hydrogen-bond acceptors (Lipinski definition) is 2. The third-order valence-corrected chi connectivity index (χ3v) is 3.48. The number of carbonyl (C=O) groups excluding carboxylic acids is 2. The molecule has 0 aliphatic heterocycles. The molecule has 2 N–H and O–H groups in total. The van der Waals surface area contributed by atoms with Crippen LogP contribution in [0.25, 0.3) is 0 Å². The third-order valence-electron chi connectivity index (χ3n) is 3.48. The Morgan fingerprint density at radius 3 is 2.85 bits per heavy atom. The van der Waals surface area contributed by atoms with Gasteiger partial charge in [-0.2, -0.15) is 0 Å². The highest BCUT2D eigenvalue weighted by molar-refractivity contribution is 5.78. The summed E-state index contributed by atoms with van der Waals surface area (Å²) < 4.78 is 14.1. The molecule has 20 heavy (non-hydrogen) atoms. The summed E-state index contributed by atoms with van der Waals surface area (Å²) in [5.41, 5.74) is 1.95. The zero-order valence-corrected chi connectivity index (χ0v) is 11.5. The Kier molecular flexibility index (Phi) is 4.71. The molecule has 2 unspecified atom stereocenters. The second kappa shape index (κ2) is 6.50. The molecule has 1 aromatic rings. The highest BCUT2D eigenvalue weighted by Gasteiger charge is 2.30. The Labute approximate surface area is 117 Å². The minimum atomic E-state index is -1.06. The number of carbonyl (C=O) groups is 2. The van der Waals surface area contributed by atoms with Crippen LogP contribution >= 0.6 is 0 Å². The second-order valence-electron chi connectivity index (χ2n) is 5.03. The van der Waals surface area contributed by atoms with Gasteiger partial charge in [-0.3, -0.25) is 9.59 Å². The smallest absolute Gasteiger partial charge is 0.222 e. The standard InChI is InChI=1S/C15H19FN2O2/c1-10(19)17-9-8-14(20)18-15-12-5-3-2-4-11(12)6-7-13(15)16/h2-5,13,15H,6-9H2,1H3,(H,17,19)(H,18,20).